The molecular formula is C13H24ClN3O. The average molecular weight is 274 g/mol. The molecule has 1 aromatic rings. The summed E-state index contributed by atoms with van der Waals surface area (Å²) in [5.74, 6) is 0. The third-order valence-corrected chi connectivity index (χ3v) is 4.28. The van der Waals surface area contributed by atoms with Gasteiger partial charge in [0.05, 0.1) is 16.9 Å². The minimum absolute atomic E-state index is 0.332. The highest BCUT2D eigenvalue weighted by molar-refractivity contribution is 6.31. The Bertz CT molecular complexity index is 370. The van der Waals surface area contributed by atoms with Gasteiger partial charge < -0.3 is 5.11 Å². The first kappa shape index (κ1) is 15.5. The van der Waals surface area contributed by atoms with Crippen LogP contribution in [0.15, 0.2) is 6.20 Å². The maximum atomic E-state index is 10.7. The molecular weight excluding hydrogens is 250 g/mol. The van der Waals surface area contributed by atoms with Crippen molar-refractivity contribution in [2.45, 2.75) is 45.8 Å². The number of hydrogen-bond donors (Lipinski definition) is 1. The Labute approximate surface area is 115 Å². The van der Waals surface area contributed by atoms with Crippen molar-refractivity contribution in [3.05, 3.63) is 16.9 Å². The molecule has 0 amide bonds. The molecule has 2 unspecified atom stereocenters. The molecule has 0 bridgehead atoms. The summed E-state index contributed by atoms with van der Waals surface area (Å²) in [6, 6.07) is 0. The van der Waals surface area contributed by atoms with Crippen molar-refractivity contribution in [2.75, 3.05) is 13.1 Å². The van der Waals surface area contributed by atoms with Crippen LogP contribution < -0.4 is 0 Å². The van der Waals surface area contributed by atoms with Gasteiger partial charge in [0.1, 0.15) is 6.10 Å². The maximum Gasteiger partial charge on any atom is 0.115 e. The van der Waals surface area contributed by atoms with E-state index in [1.54, 1.807) is 10.9 Å². The first-order valence-electron chi connectivity index (χ1n) is 6.52. The van der Waals surface area contributed by atoms with Crippen LogP contribution in [0, 0.1) is 0 Å². The fourth-order valence-corrected chi connectivity index (χ4v) is 2.83. The lowest BCUT2D eigenvalue weighted by Gasteiger charge is -2.43. The monoisotopic (exact) mass is 273 g/mol. The SMILES string of the molecule is CCN(CC)C(C)(CC)C(O)c1c(Cl)cnn1C. The molecule has 1 heterocycles. The Morgan fingerprint density at radius 3 is 2.33 bits per heavy atom. The highest BCUT2D eigenvalue weighted by atomic mass is 35.5. The van der Waals surface area contributed by atoms with E-state index in [-0.39, 0.29) is 5.54 Å². The Hall–Kier alpha value is -0.580. The van der Waals surface area contributed by atoms with Gasteiger partial charge in [-0.05, 0) is 26.4 Å². The first-order chi connectivity index (χ1) is 8.42. The van der Waals surface area contributed by atoms with Crippen molar-refractivity contribution in [2.24, 2.45) is 7.05 Å². The number of nitrogens with zero attached hydrogens (tertiary/aromatic N) is 3. The van der Waals surface area contributed by atoms with Crippen molar-refractivity contribution < 1.29 is 5.11 Å². The molecule has 0 aliphatic heterocycles. The van der Waals surface area contributed by atoms with Crippen LogP contribution in [-0.4, -0.2) is 38.4 Å². The van der Waals surface area contributed by atoms with Crippen LogP contribution >= 0.6 is 11.6 Å². The third-order valence-electron chi connectivity index (χ3n) is 3.99. The highest BCUT2D eigenvalue weighted by Crippen LogP contribution is 2.36. The van der Waals surface area contributed by atoms with Gasteiger partial charge in [-0.25, -0.2) is 0 Å². The molecule has 4 nitrogen and oxygen atoms in total. The van der Waals surface area contributed by atoms with Gasteiger partial charge in [0.2, 0.25) is 0 Å². The lowest BCUT2D eigenvalue weighted by atomic mass is 9.87. The van der Waals surface area contributed by atoms with Crippen LogP contribution in [0.3, 0.4) is 0 Å². The van der Waals surface area contributed by atoms with E-state index in [4.69, 9.17) is 11.6 Å². The van der Waals surface area contributed by atoms with E-state index in [1.165, 1.54) is 0 Å². The van der Waals surface area contributed by atoms with E-state index in [2.05, 4.69) is 37.7 Å². The van der Waals surface area contributed by atoms with E-state index in [1.807, 2.05) is 7.05 Å². The minimum Gasteiger partial charge on any atom is -0.385 e. The van der Waals surface area contributed by atoms with Crippen molar-refractivity contribution in [3.63, 3.8) is 0 Å². The fourth-order valence-electron chi connectivity index (χ4n) is 2.56. The molecule has 0 radical (unpaired) electrons. The number of hydrogen-bond acceptors (Lipinski definition) is 3. The number of aliphatic hydroxyl groups excluding tert-OH is 1. The molecule has 1 rings (SSSR count). The Kier molecular flexibility index (Phi) is 5.20. The molecule has 0 aliphatic carbocycles. The van der Waals surface area contributed by atoms with E-state index < -0.39 is 6.10 Å². The molecule has 0 spiro atoms. The highest BCUT2D eigenvalue weighted by Gasteiger charge is 2.39. The second kappa shape index (κ2) is 6.04. The van der Waals surface area contributed by atoms with E-state index in [0.717, 1.165) is 19.5 Å². The Morgan fingerprint density at radius 2 is 2.00 bits per heavy atom. The number of aliphatic hydroxyl groups is 1. The average Bonchev–Trinajstić information content (AvgIpc) is 2.69. The number of aryl methyl sites for hydroxylation is 1. The fraction of sp³-hybridized carbons (Fsp3) is 0.769. The molecule has 18 heavy (non-hydrogen) atoms. The van der Waals surface area contributed by atoms with Gasteiger partial charge in [-0.1, -0.05) is 32.4 Å². The molecule has 1 aromatic heterocycles. The normalized spacial score (nSPS) is 16.9. The summed E-state index contributed by atoms with van der Waals surface area (Å²) >= 11 is 6.13. The Morgan fingerprint density at radius 1 is 1.44 bits per heavy atom. The van der Waals surface area contributed by atoms with Crippen molar-refractivity contribution >= 4 is 11.6 Å². The molecule has 0 aromatic carbocycles. The van der Waals surface area contributed by atoms with Gasteiger partial charge in [0.15, 0.2) is 0 Å². The third kappa shape index (κ3) is 2.56. The van der Waals surface area contributed by atoms with E-state index in [9.17, 15) is 5.11 Å². The Balaban J connectivity index is 3.16. The summed E-state index contributed by atoms with van der Waals surface area (Å²) in [5.41, 5.74) is 0.355. The van der Waals surface area contributed by atoms with Gasteiger partial charge in [0.25, 0.3) is 0 Å². The second-order valence-corrected chi connectivity index (χ2v) is 5.19. The summed E-state index contributed by atoms with van der Waals surface area (Å²) in [4.78, 5) is 2.26. The number of rotatable bonds is 6. The summed E-state index contributed by atoms with van der Waals surface area (Å²) in [7, 11) is 1.81. The summed E-state index contributed by atoms with van der Waals surface area (Å²) in [5, 5.41) is 15.4. The first-order valence-corrected chi connectivity index (χ1v) is 6.90. The van der Waals surface area contributed by atoms with E-state index >= 15 is 0 Å². The summed E-state index contributed by atoms with van der Waals surface area (Å²) < 4.78 is 1.66. The summed E-state index contributed by atoms with van der Waals surface area (Å²) in [6.45, 7) is 10.2. The predicted octanol–water partition coefficient (Wildman–Crippen LogP) is 2.62. The summed E-state index contributed by atoms with van der Waals surface area (Å²) in [6.07, 6.45) is 1.78. The van der Waals surface area contributed by atoms with Gasteiger partial charge in [-0.3, -0.25) is 9.58 Å². The van der Waals surface area contributed by atoms with Gasteiger partial charge >= 0.3 is 0 Å². The van der Waals surface area contributed by atoms with Crippen LogP contribution in [0.2, 0.25) is 5.02 Å². The standard InChI is InChI=1S/C13H24ClN3O/c1-6-13(4,17(7-2)8-3)12(18)11-10(14)9-15-16(11)5/h9,12,18H,6-8H2,1-5H3. The molecule has 0 saturated carbocycles. The molecule has 104 valence electrons. The number of aromatic nitrogens is 2. The van der Waals surface area contributed by atoms with Crippen LogP contribution in [0.1, 0.15) is 45.9 Å². The zero-order chi connectivity index (χ0) is 13.9. The molecule has 2 atom stereocenters. The van der Waals surface area contributed by atoms with Crippen molar-refractivity contribution in [1.82, 2.24) is 14.7 Å². The van der Waals surface area contributed by atoms with Crippen molar-refractivity contribution in [3.8, 4) is 0 Å². The smallest absolute Gasteiger partial charge is 0.115 e. The second-order valence-electron chi connectivity index (χ2n) is 4.79. The number of likely N-dealkylation sites (N-methyl/N-ethyl adjacent to an activating group) is 1. The quantitative estimate of drug-likeness (QED) is 0.866. The minimum atomic E-state index is -0.651. The topological polar surface area (TPSA) is 41.3 Å². The molecule has 0 fully saturated rings. The van der Waals surface area contributed by atoms with E-state index in [0.29, 0.717) is 10.7 Å². The van der Waals surface area contributed by atoms with Gasteiger partial charge in [-0.2, -0.15) is 5.10 Å². The van der Waals surface area contributed by atoms with Crippen LogP contribution in [0.4, 0.5) is 0 Å². The molecule has 1 N–H and O–H groups in total. The zero-order valence-corrected chi connectivity index (χ0v) is 12.7. The zero-order valence-electron chi connectivity index (χ0n) is 11.9. The van der Waals surface area contributed by atoms with Crippen LogP contribution in [0.25, 0.3) is 0 Å². The number of halogens is 1. The molecule has 0 saturated heterocycles. The largest absolute Gasteiger partial charge is 0.385 e. The van der Waals surface area contributed by atoms with Gasteiger partial charge in [-0.15, -0.1) is 0 Å². The lowest BCUT2D eigenvalue weighted by Crippen LogP contribution is -2.50. The maximum absolute atomic E-state index is 10.7. The van der Waals surface area contributed by atoms with Crippen LogP contribution in [-0.2, 0) is 7.05 Å². The molecule has 0 aliphatic rings. The van der Waals surface area contributed by atoms with Crippen molar-refractivity contribution in [1.29, 1.82) is 0 Å². The van der Waals surface area contributed by atoms with Crippen LogP contribution in [0.5, 0.6) is 0 Å². The lowest BCUT2D eigenvalue weighted by molar-refractivity contribution is -0.0253. The predicted molar refractivity (Wildman–Crippen MR) is 74.8 cm³/mol. The molecule has 5 heteroatoms. The van der Waals surface area contributed by atoms with Gasteiger partial charge in [0, 0.05) is 12.6 Å².